The standard InChI is InChI=1S/C18H25N5O2/c1-12-7-9-21(10-8-12)18(25)15(4)23-17(24)6-5-16(20-23)22-14(3)11-13(2)19-22/h5-6,11-12,15H,7-10H2,1-4H3. The summed E-state index contributed by atoms with van der Waals surface area (Å²) in [5, 5.41) is 8.80. The molecule has 0 aromatic carbocycles. The molecule has 134 valence electrons. The third-order valence-corrected chi connectivity index (χ3v) is 4.86. The largest absolute Gasteiger partial charge is 0.341 e. The maximum absolute atomic E-state index is 12.8. The lowest BCUT2D eigenvalue weighted by Gasteiger charge is -2.32. The summed E-state index contributed by atoms with van der Waals surface area (Å²) < 4.78 is 2.96. The first-order valence-corrected chi connectivity index (χ1v) is 8.79. The molecule has 3 heterocycles. The molecule has 1 saturated heterocycles. The molecule has 1 fully saturated rings. The molecule has 0 spiro atoms. The van der Waals surface area contributed by atoms with E-state index in [1.54, 1.807) is 17.7 Å². The lowest BCUT2D eigenvalue weighted by atomic mass is 9.99. The van der Waals surface area contributed by atoms with Crippen LogP contribution in [0.1, 0.15) is 44.1 Å². The van der Waals surface area contributed by atoms with Crippen LogP contribution in [0.2, 0.25) is 0 Å². The third-order valence-electron chi connectivity index (χ3n) is 4.86. The Morgan fingerprint density at radius 1 is 1.20 bits per heavy atom. The highest BCUT2D eigenvalue weighted by atomic mass is 16.2. The molecule has 1 amide bonds. The van der Waals surface area contributed by atoms with E-state index in [1.807, 2.05) is 24.8 Å². The number of likely N-dealkylation sites (tertiary alicyclic amines) is 1. The maximum atomic E-state index is 12.8. The number of aryl methyl sites for hydroxylation is 2. The van der Waals surface area contributed by atoms with Crippen LogP contribution in [0.15, 0.2) is 23.0 Å². The molecule has 1 unspecified atom stereocenters. The molecule has 0 saturated carbocycles. The first-order chi connectivity index (χ1) is 11.9. The number of carbonyl (C=O) groups is 1. The predicted molar refractivity (Wildman–Crippen MR) is 94.8 cm³/mol. The Morgan fingerprint density at radius 3 is 2.48 bits per heavy atom. The van der Waals surface area contributed by atoms with Crippen LogP contribution in [0, 0.1) is 19.8 Å². The van der Waals surface area contributed by atoms with Crippen LogP contribution in [-0.4, -0.2) is 43.5 Å². The highest BCUT2D eigenvalue weighted by Crippen LogP contribution is 2.19. The summed E-state index contributed by atoms with van der Waals surface area (Å²) >= 11 is 0. The van der Waals surface area contributed by atoms with Gasteiger partial charge in [0.15, 0.2) is 5.82 Å². The molecule has 1 aliphatic heterocycles. The van der Waals surface area contributed by atoms with Crippen LogP contribution < -0.4 is 5.56 Å². The molecule has 1 aliphatic rings. The molecular formula is C18H25N5O2. The smallest absolute Gasteiger partial charge is 0.267 e. The number of piperidine rings is 1. The van der Waals surface area contributed by atoms with Gasteiger partial charge in [0, 0.05) is 24.8 Å². The second kappa shape index (κ2) is 6.82. The number of carbonyl (C=O) groups excluding carboxylic acids is 1. The molecule has 3 rings (SSSR count). The van der Waals surface area contributed by atoms with E-state index in [9.17, 15) is 9.59 Å². The fourth-order valence-electron chi connectivity index (χ4n) is 3.26. The van der Waals surface area contributed by atoms with Crippen molar-refractivity contribution in [3.8, 4) is 5.82 Å². The topological polar surface area (TPSA) is 73.0 Å². The van der Waals surface area contributed by atoms with Crippen LogP contribution in [0.3, 0.4) is 0 Å². The average Bonchev–Trinajstić information content (AvgIpc) is 2.93. The Balaban J connectivity index is 1.88. The van der Waals surface area contributed by atoms with Gasteiger partial charge in [0.25, 0.3) is 5.56 Å². The molecule has 0 bridgehead atoms. The van der Waals surface area contributed by atoms with E-state index in [1.165, 1.54) is 10.7 Å². The van der Waals surface area contributed by atoms with E-state index in [2.05, 4.69) is 17.1 Å². The third kappa shape index (κ3) is 3.50. The number of hydrogen-bond acceptors (Lipinski definition) is 4. The van der Waals surface area contributed by atoms with Crippen LogP contribution in [0.5, 0.6) is 0 Å². The van der Waals surface area contributed by atoms with Gasteiger partial charge in [0.2, 0.25) is 5.91 Å². The van der Waals surface area contributed by atoms with Gasteiger partial charge in [-0.15, -0.1) is 5.10 Å². The van der Waals surface area contributed by atoms with Gasteiger partial charge in [-0.3, -0.25) is 9.59 Å². The highest BCUT2D eigenvalue weighted by Gasteiger charge is 2.26. The lowest BCUT2D eigenvalue weighted by Crippen LogP contribution is -2.43. The Labute approximate surface area is 147 Å². The van der Waals surface area contributed by atoms with Crippen molar-refractivity contribution >= 4 is 5.91 Å². The van der Waals surface area contributed by atoms with Gasteiger partial charge in [-0.05, 0) is 51.7 Å². The first kappa shape index (κ1) is 17.4. The van der Waals surface area contributed by atoms with Gasteiger partial charge in [0.1, 0.15) is 6.04 Å². The minimum absolute atomic E-state index is 0.0491. The molecule has 0 radical (unpaired) electrons. The fourth-order valence-corrected chi connectivity index (χ4v) is 3.26. The average molecular weight is 343 g/mol. The van der Waals surface area contributed by atoms with Crippen LogP contribution in [-0.2, 0) is 4.79 Å². The maximum Gasteiger partial charge on any atom is 0.267 e. The zero-order chi connectivity index (χ0) is 18.1. The molecular weight excluding hydrogens is 318 g/mol. The summed E-state index contributed by atoms with van der Waals surface area (Å²) in [6, 6.07) is 4.40. The van der Waals surface area contributed by atoms with Gasteiger partial charge in [0.05, 0.1) is 5.69 Å². The molecule has 7 heteroatoms. The lowest BCUT2D eigenvalue weighted by molar-refractivity contribution is -0.136. The molecule has 2 aromatic rings. The van der Waals surface area contributed by atoms with Crippen molar-refractivity contribution in [2.75, 3.05) is 13.1 Å². The Bertz CT molecular complexity index is 830. The van der Waals surface area contributed by atoms with Gasteiger partial charge in [-0.2, -0.15) is 5.10 Å². The van der Waals surface area contributed by atoms with E-state index in [0.29, 0.717) is 11.7 Å². The molecule has 1 atom stereocenters. The fraction of sp³-hybridized carbons (Fsp3) is 0.556. The van der Waals surface area contributed by atoms with Crippen molar-refractivity contribution < 1.29 is 4.79 Å². The second-order valence-electron chi connectivity index (χ2n) is 7.00. The van der Waals surface area contributed by atoms with Crippen molar-refractivity contribution in [1.82, 2.24) is 24.5 Å². The zero-order valence-corrected chi connectivity index (χ0v) is 15.3. The number of aromatic nitrogens is 4. The van der Waals surface area contributed by atoms with Crippen LogP contribution in [0.25, 0.3) is 5.82 Å². The van der Waals surface area contributed by atoms with E-state index in [-0.39, 0.29) is 11.5 Å². The van der Waals surface area contributed by atoms with Crippen LogP contribution in [0.4, 0.5) is 0 Å². The summed E-state index contributed by atoms with van der Waals surface area (Å²) in [5.74, 6) is 1.14. The molecule has 25 heavy (non-hydrogen) atoms. The molecule has 0 aliphatic carbocycles. The Hall–Kier alpha value is -2.44. The summed E-state index contributed by atoms with van der Waals surface area (Å²) in [6.45, 7) is 9.27. The summed E-state index contributed by atoms with van der Waals surface area (Å²) in [5.41, 5.74) is 1.53. The SMILES string of the molecule is Cc1cc(C)n(-c2ccc(=O)n(C(C)C(=O)N3CCC(C)CC3)n2)n1. The van der Waals surface area contributed by atoms with Crippen molar-refractivity contribution in [3.63, 3.8) is 0 Å². The van der Waals surface area contributed by atoms with Crippen molar-refractivity contribution in [3.05, 3.63) is 39.9 Å². The van der Waals surface area contributed by atoms with E-state index in [4.69, 9.17) is 0 Å². The van der Waals surface area contributed by atoms with E-state index in [0.717, 1.165) is 37.3 Å². The van der Waals surface area contributed by atoms with Crippen molar-refractivity contribution in [2.24, 2.45) is 5.92 Å². The molecule has 0 N–H and O–H groups in total. The molecule has 7 nitrogen and oxygen atoms in total. The van der Waals surface area contributed by atoms with Crippen molar-refractivity contribution in [2.45, 2.75) is 46.6 Å². The number of hydrogen-bond donors (Lipinski definition) is 0. The predicted octanol–water partition coefficient (Wildman–Crippen LogP) is 1.87. The first-order valence-electron chi connectivity index (χ1n) is 8.79. The normalized spacial score (nSPS) is 16.9. The second-order valence-corrected chi connectivity index (χ2v) is 7.00. The number of amides is 1. The summed E-state index contributed by atoms with van der Waals surface area (Å²) in [6.07, 6.45) is 2.01. The van der Waals surface area contributed by atoms with E-state index < -0.39 is 6.04 Å². The zero-order valence-electron chi connectivity index (χ0n) is 15.3. The van der Waals surface area contributed by atoms with Gasteiger partial charge in [-0.25, -0.2) is 9.36 Å². The summed E-state index contributed by atoms with van der Waals surface area (Å²) in [4.78, 5) is 26.9. The van der Waals surface area contributed by atoms with Gasteiger partial charge < -0.3 is 4.90 Å². The minimum atomic E-state index is -0.627. The van der Waals surface area contributed by atoms with Gasteiger partial charge >= 0.3 is 0 Å². The molecule has 2 aromatic heterocycles. The Morgan fingerprint density at radius 2 is 1.88 bits per heavy atom. The minimum Gasteiger partial charge on any atom is -0.341 e. The Kier molecular flexibility index (Phi) is 4.74. The monoisotopic (exact) mass is 343 g/mol. The van der Waals surface area contributed by atoms with E-state index >= 15 is 0 Å². The van der Waals surface area contributed by atoms with Crippen LogP contribution >= 0.6 is 0 Å². The number of rotatable bonds is 3. The van der Waals surface area contributed by atoms with Gasteiger partial charge in [-0.1, -0.05) is 6.92 Å². The van der Waals surface area contributed by atoms with Crippen molar-refractivity contribution in [1.29, 1.82) is 0 Å². The quantitative estimate of drug-likeness (QED) is 0.853. The summed E-state index contributed by atoms with van der Waals surface area (Å²) in [7, 11) is 0. The highest BCUT2D eigenvalue weighted by molar-refractivity contribution is 5.80. The number of nitrogens with zero attached hydrogens (tertiary/aromatic N) is 5.